The summed E-state index contributed by atoms with van der Waals surface area (Å²) in [5, 5.41) is 7.69. The smallest absolute Gasteiger partial charge is 0.166 e. The summed E-state index contributed by atoms with van der Waals surface area (Å²) in [4.78, 5) is 0. The van der Waals surface area contributed by atoms with Gasteiger partial charge in [-0.2, -0.15) is 0 Å². The Morgan fingerprint density at radius 1 is 1.04 bits per heavy atom. The molecular formula is C18H21ClN2O2S. The molecule has 2 rings (SSSR count). The molecule has 4 nitrogen and oxygen atoms in total. The lowest BCUT2D eigenvalue weighted by Crippen LogP contribution is -2.35. The molecule has 2 N–H and O–H groups in total. The monoisotopic (exact) mass is 364 g/mol. The van der Waals surface area contributed by atoms with Gasteiger partial charge in [-0.25, -0.2) is 0 Å². The topological polar surface area (TPSA) is 42.5 Å². The van der Waals surface area contributed by atoms with Crippen LogP contribution in [-0.2, 0) is 13.0 Å². The summed E-state index contributed by atoms with van der Waals surface area (Å²) < 4.78 is 10.5. The molecule has 128 valence electrons. The molecule has 0 amide bonds. The minimum absolute atomic E-state index is 0.599. The third-order valence-electron chi connectivity index (χ3n) is 3.54. The zero-order valence-electron chi connectivity index (χ0n) is 13.8. The minimum atomic E-state index is 0.599. The molecular weight excluding hydrogens is 344 g/mol. The van der Waals surface area contributed by atoms with Gasteiger partial charge in [0.2, 0.25) is 0 Å². The highest BCUT2D eigenvalue weighted by Crippen LogP contribution is 2.27. The van der Waals surface area contributed by atoms with Crippen molar-refractivity contribution in [1.82, 2.24) is 10.6 Å². The van der Waals surface area contributed by atoms with Crippen LogP contribution in [0.15, 0.2) is 42.5 Å². The average molecular weight is 365 g/mol. The summed E-state index contributed by atoms with van der Waals surface area (Å²) in [5.41, 5.74) is 2.16. The van der Waals surface area contributed by atoms with Crippen LogP contribution in [0.3, 0.4) is 0 Å². The van der Waals surface area contributed by atoms with Gasteiger partial charge in [-0.3, -0.25) is 0 Å². The Kier molecular flexibility index (Phi) is 7.15. The molecule has 0 atom stereocenters. The maximum absolute atomic E-state index is 6.12. The van der Waals surface area contributed by atoms with Crippen molar-refractivity contribution in [1.29, 1.82) is 0 Å². The van der Waals surface area contributed by atoms with Crippen LogP contribution < -0.4 is 20.1 Å². The molecule has 0 radical (unpaired) electrons. The highest BCUT2D eigenvalue weighted by molar-refractivity contribution is 7.80. The fraction of sp³-hybridized carbons (Fsp3) is 0.278. The van der Waals surface area contributed by atoms with Crippen molar-refractivity contribution in [2.24, 2.45) is 0 Å². The number of ether oxygens (including phenoxy) is 2. The van der Waals surface area contributed by atoms with Gasteiger partial charge in [0.1, 0.15) is 0 Å². The van der Waals surface area contributed by atoms with Crippen molar-refractivity contribution in [3.8, 4) is 11.5 Å². The van der Waals surface area contributed by atoms with Gasteiger partial charge >= 0.3 is 0 Å². The predicted molar refractivity (Wildman–Crippen MR) is 102 cm³/mol. The van der Waals surface area contributed by atoms with E-state index in [9.17, 15) is 0 Å². The largest absolute Gasteiger partial charge is 0.493 e. The molecule has 0 saturated carbocycles. The number of nitrogens with one attached hydrogen (secondary N) is 2. The molecule has 2 aromatic carbocycles. The highest BCUT2D eigenvalue weighted by atomic mass is 35.5. The first kappa shape index (κ1) is 18.4. The SMILES string of the molecule is COc1ccc(CCNC(=S)NCc2ccccc2Cl)cc1OC. The summed E-state index contributed by atoms with van der Waals surface area (Å²) in [7, 11) is 3.26. The second-order valence-electron chi connectivity index (χ2n) is 5.14. The number of hydrogen-bond donors (Lipinski definition) is 2. The van der Waals surface area contributed by atoms with Gasteiger partial charge in [-0.15, -0.1) is 0 Å². The van der Waals surface area contributed by atoms with Crippen LogP contribution in [0.2, 0.25) is 5.02 Å². The van der Waals surface area contributed by atoms with Crippen LogP contribution in [0.1, 0.15) is 11.1 Å². The van der Waals surface area contributed by atoms with E-state index >= 15 is 0 Å². The van der Waals surface area contributed by atoms with Crippen LogP contribution in [0.25, 0.3) is 0 Å². The summed E-state index contributed by atoms with van der Waals surface area (Å²) in [6.45, 7) is 1.33. The Morgan fingerprint density at radius 3 is 2.50 bits per heavy atom. The van der Waals surface area contributed by atoms with E-state index in [0.717, 1.165) is 40.6 Å². The van der Waals surface area contributed by atoms with E-state index in [4.69, 9.17) is 33.3 Å². The first-order valence-electron chi connectivity index (χ1n) is 7.60. The van der Waals surface area contributed by atoms with Gasteiger partial charge in [0.25, 0.3) is 0 Å². The third-order valence-corrected chi connectivity index (χ3v) is 4.20. The van der Waals surface area contributed by atoms with Crippen LogP contribution in [0, 0.1) is 0 Å². The number of thiocarbonyl (C=S) groups is 1. The Balaban J connectivity index is 1.77. The van der Waals surface area contributed by atoms with E-state index in [1.807, 2.05) is 42.5 Å². The molecule has 24 heavy (non-hydrogen) atoms. The molecule has 2 aromatic rings. The molecule has 0 saturated heterocycles. The van der Waals surface area contributed by atoms with E-state index in [0.29, 0.717) is 11.7 Å². The van der Waals surface area contributed by atoms with Crippen molar-refractivity contribution in [2.75, 3.05) is 20.8 Å². The molecule has 0 spiro atoms. The second-order valence-corrected chi connectivity index (χ2v) is 5.96. The Labute approximate surface area is 153 Å². The van der Waals surface area contributed by atoms with Gasteiger partial charge in [-0.1, -0.05) is 35.9 Å². The van der Waals surface area contributed by atoms with E-state index in [2.05, 4.69) is 10.6 Å². The number of halogens is 1. The van der Waals surface area contributed by atoms with Crippen LogP contribution in [-0.4, -0.2) is 25.9 Å². The minimum Gasteiger partial charge on any atom is -0.493 e. The molecule has 0 bridgehead atoms. The van der Waals surface area contributed by atoms with E-state index < -0.39 is 0 Å². The summed E-state index contributed by atoms with van der Waals surface area (Å²) >= 11 is 11.4. The summed E-state index contributed by atoms with van der Waals surface area (Å²) in [6, 6.07) is 13.6. The maximum atomic E-state index is 6.12. The van der Waals surface area contributed by atoms with Crippen molar-refractivity contribution in [2.45, 2.75) is 13.0 Å². The summed E-state index contributed by atoms with van der Waals surface area (Å²) in [5.74, 6) is 1.46. The Morgan fingerprint density at radius 2 is 1.79 bits per heavy atom. The normalized spacial score (nSPS) is 10.1. The predicted octanol–water partition coefficient (Wildman–Crippen LogP) is 3.56. The zero-order valence-corrected chi connectivity index (χ0v) is 15.3. The van der Waals surface area contributed by atoms with Gasteiger partial charge in [-0.05, 0) is 48.0 Å². The number of rotatable bonds is 7. The van der Waals surface area contributed by atoms with Crippen molar-refractivity contribution in [3.63, 3.8) is 0 Å². The first-order chi connectivity index (χ1) is 11.6. The van der Waals surface area contributed by atoms with Crippen molar-refractivity contribution in [3.05, 3.63) is 58.6 Å². The lowest BCUT2D eigenvalue weighted by Gasteiger charge is -2.12. The van der Waals surface area contributed by atoms with Crippen molar-refractivity contribution < 1.29 is 9.47 Å². The molecule has 0 fully saturated rings. The molecule has 0 aliphatic heterocycles. The van der Waals surface area contributed by atoms with Crippen LogP contribution in [0.4, 0.5) is 0 Å². The standard InChI is InChI=1S/C18H21ClN2O2S/c1-22-16-8-7-13(11-17(16)23-2)9-10-20-18(24)21-12-14-5-3-4-6-15(14)19/h3-8,11H,9-10,12H2,1-2H3,(H2,20,21,24). The van der Waals surface area contributed by atoms with Gasteiger partial charge in [0.05, 0.1) is 14.2 Å². The lowest BCUT2D eigenvalue weighted by atomic mass is 10.1. The number of methoxy groups -OCH3 is 2. The number of benzene rings is 2. The van der Waals surface area contributed by atoms with Crippen LogP contribution >= 0.6 is 23.8 Å². The van der Waals surface area contributed by atoms with E-state index in [1.165, 1.54) is 0 Å². The van der Waals surface area contributed by atoms with Gasteiger partial charge < -0.3 is 20.1 Å². The molecule has 0 aliphatic rings. The molecule has 0 heterocycles. The zero-order chi connectivity index (χ0) is 17.4. The highest BCUT2D eigenvalue weighted by Gasteiger charge is 2.05. The Bertz CT molecular complexity index is 694. The second kappa shape index (κ2) is 9.35. The van der Waals surface area contributed by atoms with Crippen LogP contribution in [0.5, 0.6) is 11.5 Å². The van der Waals surface area contributed by atoms with Crippen molar-refractivity contribution >= 4 is 28.9 Å². The fourth-order valence-corrected chi connectivity index (χ4v) is 2.61. The summed E-state index contributed by atoms with van der Waals surface area (Å²) in [6.07, 6.45) is 0.828. The van der Waals surface area contributed by atoms with E-state index in [-0.39, 0.29) is 0 Å². The molecule has 0 unspecified atom stereocenters. The first-order valence-corrected chi connectivity index (χ1v) is 8.38. The molecule has 6 heteroatoms. The van der Waals surface area contributed by atoms with E-state index in [1.54, 1.807) is 14.2 Å². The Hall–Kier alpha value is -1.98. The van der Waals surface area contributed by atoms with Gasteiger partial charge in [0, 0.05) is 18.1 Å². The maximum Gasteiger partial charge on any atom is 0.166 e. The molecule has 0 aromatic heterocycles. The average Bonchev–Trinajstić information content (AvgIpc) is 2.61. The quantitative estimate of drug-likeness (QED) is 0.735. The lowest BCUT2D eigenvalue weighted by molar-refractivity contribution is 0.354. The number of hydrogen-bond acceptors (Lipinski definition) is 3. The van der Waals surface area contributed by atoms with Gasteiger partial charge in [0.15, 0.2) is 16.6 Å². The fourth-order valence-electron chi connectivity index (χ4n) is 2.24. The molecule has 0 aliphatic carbocycles. The third kappa shape index (κ3) is 5.28.